The van der Waals surface area contributed by atoms with Crippen LogP contribution in [0.5, 0.6) is 0 Å². The molecule has 0 radical (unpaired) electrons. The van der Waals surface area contributed by atoms with E-state index in [1.54, 1.807) is 0 Å². The van der Waals surface area contributed by atoms with Crippen molar-refractivity contribution in [2.75, 3.05) is 26.2 Å². The van der Waals surface area contributed by atoms with Crippen LogP contribution in [0.3, 0.4) is 0 Å². The molecule has 2 N–H and O–H groups in total. The average molecular weight is 184 g/mol. The highest BCUT2D eigenvalue weighted by molar-refractivity contribution is 4.69. The maximum absolute atomic E-state index is 3.55. The molecule has 0 saturated carbocycles. The molecule has 0 aromatic heterocycles. The molecule has 2 heteroatoms. The summed E-state index contributed by atoms with van der Waals surface area (Å²) in [6, 6.07) is 0. The van der Waals surface area contributed by atoms with Gasteiger partial charge < -0.3 is 10.6 Å². The summed E-state index contributed by atoms with van der Waals surface area (Å²) in [6.07, 6.45) is 4.11. The Labute approximate surface area is 82.5 Å². The fourth-order valence-electron chi connectivity index (χ4n) is 1.87. The van der Waals surface area contributed by atoms with Gasteiger partial charge in [-0.1, -0.05) is 13.8 Å². The third-order valence-corrected chi connectivity index (χ3v) is 2.68. The third kappa shape index (κ3) is 5.27. The minimum Gasteiger partial charge on any atom is -0.317 e. The lowest BCUT2D eigenvalue weighted by molar-refractivity contribution is 0.418. The van der Waals surface area contributed by atoms with Crippen molar-refractivity contribution in [3.8, 4) is 0 Å². The van der Waals surface area contributed by atoms with Gasteiger partial charge in [-0.15, -0.1) is 0 Å². The van der Waals surface area contributed by atoms with E-state index in [2.05, 4.69) is 24.5 Å². The van der Waals surface area contributed by atoms with Gasteiger partial charge in [0.25, 0.3) is 0 Å². The summed E-state index contributed by atoms with van der Waals surface area (Å²) in [5, 5.41) is 7.00. The highest BCUT2D eigenvalue weighted by Crippen LogP contribution is 2.12. The van der Waals surface area contributed by atoms with Crippen molar-refractivity contribution in [2.45, 2.75) is 33.1 Å². The zero-order valence-electron chi connectivity index (χ0n) is 9.10. The predicted molar refractivity (Wildman–Crippen MR) is 57.9 cm³/mol. The fraction of sp³-hybridized carbons (Fsp3) is 1.00. The van der Waals surface area contributed by atoms with Gasteiger partial charge in [-0.05, 0) is 57.3 Å². The van der Waals surface area contributed by atoms with Crippen LogP contribution in [0.25, 0.3) is 0 Å². The molecule has 1 rings (SSSR count). The molecule has 0 amide bonds. The van der Waals surface area contributed by atoms with E-state index in [1.807, 2.05) is 0 Å². The molecule has 1 heterocycles. The van der Waals surface area contributed by atoms with Gasteiger partial charge in [0.15, 0.2) is 0 Å². The molecular weight excluding hydrogens is 160 g/mol. The monoisotopic (exact) mass is 184 g/mol. The number of nitrogens with one attached hydrogen (secondary N) is 2. The van der Waals surface area contributed by atoms with Crippen molar-refractivity contribution in [2.24, 2.45) is 11.8 Å². The van der Waals surface area contributed by atoms with Crippen molar-refractivity contribution < 1.29 is 0 Å². The molecule has 1 saturated heterocycles. The number of hydrogen-bond acceptors (Lipinski definition) is 2. The van der Waals surface area contributed by atoms with Crippen LogP contribution < -0.4 is 10.6 Å². The second kappa shape index (κ2) is 6.39. The lowest BCUT2D eigenvalue weighted by atomic mass is 10.0. The molecule has 1 aliphatic heterocycles. The first kappa shape index (κ1) is 11.0. The molecule has 2 nitrogen and oxygen atoms in total. The Balaban J connectivity index is 2.05. The molecule has 78 valence electrons. The number of rotatable bonds is 4. The Bertz CT molecular complexity index is 115. The first-order chi connectivity index (χ1) is 6.29. The molecule has 0 spiro atoms. The second-order valence-electron chi connectivity index (χ2n) is 4.60. The van der Waals surface area contributed by atoms with Crippen LogP contribution in [0.2, 0.25) is 0 Å². The Hall–Kier alpha value is -0.0800. The molecule has 13 heavy (non-hydrogen) atoms. The molecule has 0 aromatic rings. The molecule has 1 atom stereocenters. The molecule has 0 aliphatic carbocycles. The van der Waals surface area contributed by atoms with Crippen molar-refractivity contribution in [3.63, 3.8) is 0 Å². The maximum atomic E-state index is 3.55. The topological polar surface area (TPSA) is 24.1 Å². The summed E-state index contributed by atoms with van der Waals surface area (Å²) < 4.78 is 0. The van der Waals surface area contributed by atoms with Gasteiger partial charge in [0.1, 0.15) is 0 Å². The Morgan fingerprint density at radius 2 is 2.15 bits per heavy atom. The fourth-order valence-corrected chi connectivity index (χ4v) is 1.87. The van der Waals surface area contributed by atoms with E-state index in [4.69, 9.17) is 0 Å². The first-order valence-electron chi connectivity index (χ1n) is 5.70. The SMILES string of the molecule is CC(C)CNCC1CCCNCC1. The molecule has 1 aliphatic rings. The van der Waals surface area contributed by atoms with E-state index in [1.165, 1.54) is 45.4 Å². The summed E-state index contributed by atoms with van der Waals surface area (Å²) in [5.74, 6) is 1.69. The van der Waals surface area contributed by atoms with Gasteiger partial charge in [-0.3, -0.25) is 0 Å². The van der Waals surface area contributed by atoms with Crippen LogP contribution in [0.15, 0.2) is 0 Å². The van der Waals surface area contributed by atoms with E-state index in [-0.39, 0.29) is 0 Å². The Morgan fingerprint density at radius 3 is 2.92 bits per heavy atom. The van der Waals surface area contributed by atoms with Crippen LogP contribution in [0.4, 0.5) is 0 Å². The summed E-state index contributed by atoms with van der Waals surface area (Å²) in [6.45, 7) is 9.36. The molecular formula is C11H24N2. The molecule has 0 bridgehead atoms. The minimum atomic E-state index is 0.781. The van der Waals surface area contributed by atoms with Crippen LogP contribution in [-0.4, -0.2) is 26.2 Å². The van der Waals surface area contributed by atoms with Crippen molar-refractivity contribution in [1.29, 1.82) is 0 Å². The van der Waals surface area contributed by atoms with Gasteiger partial charge in [-0.25, -0.2) is 0 Å². The Kier molecular flexibility index (Phi) is 5.40. The minimum absolute atomic E-state index is 0.781. The van der Waals surface area contributed by atoms with Crippen LogP contribution >= 0.6 is 0 Å². The van der Waals surface area contributed by atoms with Gasteiger partial charge in [0.2, 0.25) is 0 Å². The largest absolute Gasteiger partial charge is 0.317 e. The van der Waals surface area contributed by atoms with Crippen LogP contribution in [-0.2, 0) is 0 Å². The summed E-state index contributed by atoms with van der Waals surface area (Å²) >= 11 is 0. The van der Waals surface area contributed by atoms with E-state index in [0.29, 0.717) is 0 Å². The zero-order chi connectivity index (χ0) is 9.52. The molecule has 1 unspecified atom stereocenters. The van der Waals surface area contributed by atoms with Gasteiger partial charge in [-0.2, -0.15) is 0 Å². The van der Waals surface area contributed by atoms with E-state index < -0.39 is 0 Å². The van der Waals surface area contributed by atoms with Gasteiger partial charge in [0, 0.05) is 0 Å². The lowest BCUT2D eigenvalue weighted by Gasteiger charge is -2.15. The highest BCUT2D eigenvalue weighted by atomic mass is 14.9. The van der Waals surface area contributed by atoms with E-state index in [9.17, 15) is 0 Å². The third-order valence-electron chi connectivity index (χ3n) is 2.68. The number of hydrogen-bond donors (Lipinski definition) is 2. The molecule has 0 aromatic carbocycles. The van der Waals surface area contributed by atoms with Crippen molar-refractivity contribution in [3.05, 3.63) is 0 Å². The van der Waals surface area contributed by atoms with Crippen molar-refractivity contribution in [1.82, 2.24) is 10.6 Å². The van der Waals surface area contributed by atoms with Gasteiger partial charge >= 0.3 is 0 Å². The van der Waals surface area contributed by atoms with Gasteiger partial charge in [0.05, 0.1) is 0 Å². The van der Waals surface area contributed by atoms with Crippen LogP contribution in [0.1, 0.15) is 33.1 Å². The normalized spacial score (nSPS) is 24.7. The van der Waals surface area contributed by atoms with E-state index in [0.717, 1.165) is 11.8 Å². The quantitative estimate of drug-likeness (QED) is 0.694. The smallest absolute Gasteiger partial charge is 0.00199 e. The van der Waals surface area contributed by atoms with Crippen molar-refractivity contribution >= 4 is 0 Å². The zero-order valence-corrected chi connectivity index (χ0v) is 9.10. The van der Waals surface area contributed by atoms with E-state index >= 15 is 0 Å². The standard InChI is InChI=1S/C11H24N2/c1-10(2)8-13-9-11-4-3-6-12-7-5-11/h10-13H,3-9H2,1-2H3. The summed E-state index contributed by atoms with van der Waals surface area (Å²) in [4.78, 5) is 0. The Morgan fingerprint density at radius 1 is 1.31 bits per heavy atom. The lowest BCUT2D eigenvalue weighted by Crippen LogP contribution is -2.27. The molecule has 1 fully saturated rings. The maximum Gasteiger partial charge on any atom is -0.00199 e. The first-order valence-corrected chi connectivity index (χ1v) is 5.70. The van der Waals surface area contributed by atoms with Crippen LogP contribution in [0, 0.1) is 11.8 Å². The summed E-state index contributed by atoms with van der Waals surface area (Å²) in [7, 11) is 0. The average Bonchev–Trinajstić information content (AvgIpc) is 2.32. The summed E-state index contributed by atoms with van der Waals surface area (Å²) in [5.41, 5.74) is 0. The highest BCUT2D eigenvalue weighted by Gasteiger charge is 2.10. The second-order valence-corrected chi connectivity index (χ2v) is 4.60. The predicted octanol–water partition coefficient (Wildman–Crippen LogP) is 1.62.